The number of anilines is 1. The third-order valence-corrected chi connectivity index (χ3v) is 5.59. The van der Waals surface area contributed by atoms with E-state index >= 15 is 0 Å². The van der Waals surface area contributed by atoms with Gasteiger partial charge in [0.15, 0.2) is 5.75 Å². The maximum absolute atomic E-state index is 12.9. The summed E-state index contributed by atoms with van der Waals surface area (Å²) >= 11 is 7.56. The molecule has 1 aliphatic heterocycles. The van der Waals surface area contributed by atoms with Crippen molar-refractivity contribution < 1.29 is 14.3 Å². The fourth-order valence-corrected chi connectivity index (χ4v) is 4.09. The number of nitrogens with zero attached hydrogens (tertiary/aromatic N) is 1. The van der Waals surface area contributed by atoms with E-state index in [1.54, 1.807) is 18.2 Å². The Hall–Kier alpha value is -3.22. The minimum Gasteiger partial charge on any atom is -0.455 e. The predicted molar refractivity (Wildman–Crippen MR) is 125 cm³/mol. The molecule has 4 rings (SSSR count). The third-order valence-electron chi connectivity index (χ3n) is 4.55. The second-order valence-corrected chi connectivity index (χ2v) is 8.06. The van der Waals surface area contributed by atoms with Gasteiger partial charge in [0.2, 0.25) is 11.8 Å². The van der Waals surface area contributed by atoms with Crippen molar-refractivity contribution in [1.82, 2.24) is 4.90 Å². The van der Waals surface area contributed by atoms with Crippen LogP contribution in [-0.4, -0.2) is 29.0 Å². The number of ether oxygens (including phenoxy) is 1. The average Bonchev–Trinajstić information content (AvgIpc) is 2.78. The minimum atomic E-state index is -0.345. The zero-order valence-electron chi connectivity index (χ0n) is 16.5. The molecule has 0 atom stereocenters. The first-order chi connectivity index (χ1) is 15.1. The Labute approximate surface area is 189 Å². The van der Waals surface area contributed by atoms with Gasteiger partial charge in [-0.15, -0.1) is 11.8 Å². The van der Waals surface area contributed by atoms with Crippen LogP contribution in [0.5, 0.6) is 11.5 Å². The van der Waals surface area contributed by atoms with E-state index in [4.69, 9.17) is 16.3 Å². The molecule has 0 bridgehead atoms. The molecule has 0 fully saturated rings. The molecule has 0 saturated carbocycles. The molecule has 0 spiro atoms. The molecule has 3 aromatic rings. The zero-order chi connectivity index (χ0) is 21.6. The topological polar surface area (TPSA) is 58.6 Å². The maximum Gasteiger partial charge on any atom is 0.244 e. The Bertz CT molecular complexity index is 1120. The highest BCUT2D eigenvalue weighted by atomic mass is 35.5. The van der Waals surface area contributed by atoms with Gasteiger partial charge in [0.05, 0.1) is 17.1 Å². The Kier molecular flexibility index (Phi) is 6.60. The zero-order valence-corrected chi connectivity index (χ0v) is 18.0. The number of carbonyl (C=O) groups is 2. The van der Waals surface area contributed by atoms with Crippen LogP contribution in [0, 0.1) is 0 Å². The molecule has 2 amide bonds. The first-order valence-electron chi connectivity index (χ1n) is 9.60. The summed E-state index contributed by atoms with van der Waals surface area (Å²) in [6, 6.07) is 23.8. The SMILES string of the molecule is O=C(CN1C(=O)CSC=C1c1ccccc1)Nc1cc(Cl)ccc1Oc1ccccc1. The summed E-state index contributed by atoms with van der Waals surface area (Å²) in [5.41, 5.74) is 2.03. The number of rotatable bonds is 6. The monoisotopic (exact) mass is 450 g/mol. The summed E-state index contributed by atoms with van der Waals surface area (Å²) < 4.78 is 5.90. The van der Waals surface area contributed by atoms with E-state index in [0.29, 0.717) is 33.7 Å². The first-order valence-corrected chi connectivity index (χ1v) is 11.0. The highest BCUT2D eigenvalue weighted by Gasteiger charge is 2.25. The van der Waals surface area contributed by atoms with Gasteiger partial charge in [-0.2, -0.15) is 0 Å². The molecule has 0 aromatic heterocycles. The van der Waals surface area contributed by atoms with Crippen LogP contribution in [0.1, 0.15) is 5.56 Å². The number of hydrogen-bond acceptors (Lipinski definition) is 4. The molecule has 5 nitrogen and oxygen atoms in total. The van der Waals surface area contributed by atoms with Gasteiger partial charge in [-0.05, 0) is 41.3 Å². The van der Waals surface area contributed by atoms with E-state index in [9.17, 15) is 9.59 Å². The molecular weight excluding hydrogens is 432 g/mol. The molecule has 1 aliphatic rings. The van der Waals surface area contributed by atoms with Crippen molar-refractivity contribution in [3.05, 3.63) is 94.9 Å². The van der Waals surface area contributed by atoms with Gasteiger partial charge in [-0.3, -0.25) is 9.59 Å². The molecule has 7 heteroatoms. The van der Waals surface area contributed by atoms with Gasteiger partial charge in [0, 0.05) is 5.02 Å². The largest absolute Gasteiger partial charge is 0.455 e. The molecular formula is C24H19ClN2O3S. The average molecular weight is 451 g/mol. The standard InChI is InChI=1S/C24H19ClN2O3S/c25-18-11-12-22(30-19-9-5-2-6-10-19)20(13-18)26-23(28)14-27-21(15-31-16-24(27)29)17-7-3-1-4-8-17/h1-13,15H,14,16H2,(H,26,28). The lowest BCUT2D eigenvalue weighted by atomic mass is 10.1. The van der Waals surface area contributed by atoms with E-state index in [-0.39, 0.29) is 18.4 Å². The van der Waals surface area contributed by atoms with Crippen LogP contribution in [0.4, 0.5) is 5.69 Å². The fraction of sp³-hybridized carbons (Fsp3) is 0.0833. The molecule has 0 aliphatic carbocycles. The van der Waals surface area contributed by atoms with Gasteiger partial charge < -0.3 is 15.0 Å². The highest BCUT2D eigenvalue weighted by molar-refractivity contribution is 8.03. The lowest BCUT2D eigenvalue weighted by Gasteiger charge is -2.28. The van der Waals surface area contributed by atoms with Gasteiger partial charge >= 0.3 is 0 Å². The third kappa shape index (κ3) is 5.29. The highest BCUT2D eigenvalue weighted by Crippen LogP contribution is 2.33. The molecule has 156 valence electrons. The number of nitrogens with one attached hydrogen (secondary N) is 1. The van der Waals surface area contributed by atoms with E-state index in [0.717, 1.165) is 5.56 Å². The normalized spacial score (nSPS) is 13.5. The van der Waals surface area contributed by atoms with Crippen molar-refractivity contribution in [2.75, 3.05) is 17.6 Å². The van der Waals surface area contributed by atoms with Gasteiger partial charge in [0.1, 0.15) is 12.3 Å². The number of carbonyl (C=O) groups excluding carboxylic acids is 2. The summed E-state index contributed by atoms with van der Waals surface area (Å²) in [5.74, 6) is 0.931. The number of para-hydroxylation sites is 1. The lowest BCUT2D eigenvalue weighted by Crippen LogP contribution is -2.39. The number of halogens is 1. The molecule has 1 N–H and O–H groups in total. The molecule has 31 heavy (non-hydrogen) atoms. The molecule has 0 unspecified atom stereocenters. The van der Waals surface area contributed by atoms with Crippen molar-refractivity contribution in [3.8, 4) is 11.5 Å². The van der Waals surface area contributed by atoms with Crippen LogP contribution < -0.4 is 10.1 Å². The first kappa shape index (κ1) is 21.0. The Morgan fingerprint density at radius 1 is 1.03 bits per heavy atom. The predicted octanol–water partition coefficient (Wildman–Crippen LogP) is 5.64. The van der Waals surface area contributed by atoms with Crippen LogP contribution in [0.25, 0.3) is 5.70 Å². The van der Waals surface area contributed by atoms with Crippen LogP contribution in [-0.2, 0) is 9.59 Å². The van der Waals surface area contributed by atoms with E-state index < -0.39 is 0 Å². The molecule has 1 heterocycles. The Morgan fingerprint density at radius 2 is 1.74 bits per heavy atom. The summed E-state index contributed by atoms with van der Waals surface area (Å²) in [5, 5.41) is 5.21. The van der Waals surface area contributed by atoms with Gasteiger partial charge in [0.25, 0.3) is 0 Å². The lowest BCUT2D eigenvalue weighted by molar-refractivity contribution is -0.129. The van der Waals surface area contributed by atoms with Crippen molar-refractivity contribution in [1.29, 1.82) is 0 Å². The fourth-order valence-electron chi connectivity index (χ4n) is 3.11. The summed E-state index contributed by atoms with van der Waals surface area (Å²) in [6.45, 7) is -0.114. The quantitative estimate of drug-likeness (QED) is 0.527. The Balaban J connectivity index is 1.53. The smallest absolute Gasteiger partial charge is 0.244 e. The van der Waals surface area contributed by atoms with Crippen LogP contribution in [0.15, 0.2) is 84.3 Å². The van der Waals surface area contributed by atoms with Crippen LogP contribution in [0.3, 0.4) is 0 Å². The van der Waals surface area contributed by atoms with E-state index in [1.165, 1.54) is 16.7 Å². The van der Waals surface area contributed by atoms with Gasteiger partial charge in [-0.25, -0.2) is 0 Å². The van der Waals surface area contributed by atoms with Crippen LogP contribution in [0.2, 0.25) is 5.02 Å². The molecule has 0 saturated heterocycles. The molecule has 3 aromatic carbocycles. The second kappa shape index (κ2) is 9.73. The minimum absolute atomic E-state index is 0.114. The van der Waals surface area contributed by atoms with Crippen molar-refractivity contribution >= 4 is 46.6 Å². The maximum atomic E-state index is 12.9. The molecule has 0 radical (unpaired) electrons. The number of amides is 2. The second-order valence-electron chi connectivity index (χ2n) is 6.76. The summed E-state index contributed by atoms with van der Waals surface area (Å²) in [4.78, 5) is 27.0. The van der Waals surface area contributed by atoms with Crippen molar-refractivity contribution in [2.24, 2.45) is 0 Å². The van der Waals surface area contributed by atoms with E-state index in [1.807, 2.05) is 66.1 Å². The van der Waals surface area contributed by atoms with Gasteiger partial charge in [-0.1, -0.05) is 60.1 Å². The van der Waals surface area contributed by atoms with E-state index in [2.05, 4.69) is 5.32 Å². The summed E-state index contributed by atoms with van der Waals surface area (Å²) in [7, 11) is 0. The number of benzene rings is 3. The van der Waals surface area contributed by atoms with Crippen molar-refractivity contribution in [3.63, 3.8) is 0 Å². The Morgan fingerprint density at radius 3 is 2.48 bits per heavy atom. The number of thioether (sulfide) groups is 1. The summed E-state index contributed by atoms with van der Waals surface area (Å²) in [6.07, 6.45) is 0. The van der Waals surface area contributed by atoms with Crippen molar-refractivity contribution in [2.45, 2.75) is 0 Å². The number of hydrogen-bond donors (Lipinski definition) is 1. The van der Waals surface area contributed by atoms with Crippen LogP contribution >= 0.6 is 23.4 Å².